The molecule has 1 unspecified atom stereocenters. The number of urea groups is 1. The highest BCUT2D eigenvalue weighted by Crippen LogP contribution is 2.26. The molecule has 0 bridgehead atoms. The molecule has 2 N–H and O–H groups in total. The van der Waals surface area contributed by atoms with E-state index < -0.39 is 0 Å². The fourth-order valence-electron chi connectivity index (χ4n) is 2.20. The number of rotatable bonds is 6. The van der Waals surface area contributed by atoms with Crippen LogP contribution in [0.15, 0.2) is 24.3 Å². The Morgan fingerprint density at radius 1 is 1.45 bits per heavy atom. The van der Waals surface area contributed by atoms with Crippen LogP contribution in [0.1, 0.15) is 44.7 Å². The Morgan fingerprint density at radius 2 is 2.20 bits per heavy atom. The highest BCUT2D eigenvalue weighted by atomic mass is 16.2. The first-order valence-corrected chi connectivity index (χ1v) is 7.49. The summed E-state index contributed by atoms with van der Waals surface area (Å²) >= 11 is 0. The van der Waals surface area contributed by atoms with E-state index in [-0.39, 0.29) is 6.03 Å². The number of hydrogen-bond acceptors (Lipinski definition) is 2. The lowest BCUT2D eigenvalue weighted by Crippen LogP contribution is -2.33. The molecule has 0 heterocycles. The molecule has 1 saturated carbocycles. The highest BCUT2D eigenvalue weighted by Gasteiger charge is 2.29. The zero-order valence-corrected chi connectivity index (χ0v) is 12.6. The van der Waals surface area contributed by atoms with Gasteiger partial charge in [0.15, 0.2) is 0 Å². The first-order chi connectivity index (χ1) is 9.61. The summed E-state index contributed by atoms with van der Waals surface area (Å²) < 4.78 is 0. The summed E-state index contributed by atoms with van der Waals surface area (Å²) in [5, 5.41) is 6.43. The molecule has 1 atom stereocenters. The van der Waals surface area contributed by atoms with Gasteiger partial charge in [-0.05, 0) is 50.4 Å². The van der Waals surface area contributed by atoms with Crippen LogP contribution in [0, 0.1) is 0 Å². The third-order valence-electron chi connectivity index (χ3n) is 3.75. The van der Waals surface area contributed by atoms with Gasteiger partial charge in [0.2, 0.25) is 0 Å². The van der Waals surface area contributed by atoms with Gasteiger partial charge >= 0.3 is 6.03 Å². The van der Waals surface area contributed by atoms with Crippen molar-refractivity contribution >= 4 is 11.7 Å². The lowest BCUT2D eigenvalue weighted by atomic mass is 10.1. The largest absolute Gasteiger partial charge is 0.325 e. The molecule has 1 aromatic carbocycles. The molecule has 2 amide bonds. The Hall–Kier alpha value is -1.55. The van der Waals surface area contributed by atoms with Crippen LogP contribution in [0.4, 0.5) is 10.5 Å². The van der Waals surface area contributed by atoms with Crippen molar-refractivity contribution in [1.82, 2.24) is 10.2 Å². The predicted molar refractivity (Wildman–Crippen MR) is 83.0 cm³/mol. The van der Waals surface area contributed by atoms with Crippen LogP contribution < -0.4 is 10.6 Å². The van der Waals surface area contributed by atoms with Crippen LogP contribution >= 0.6 is 0 Å². The van der Waals surface area contributed by atoms with Crippen molar-refractivity contribution < 1.29 is 4.79 Å². The summed E-state index contributed by atoms with van der Waals surface area (Å²) in [4.78, 5) is 13.8. The first-order valence-electron chi connectivity index (χ1n) is 7.49. The fraction of sp³-hybridized carbons (Fsp3) is 0.562. The third kappa shape index (κ3) is 3.97. The number of hydrogen-bond donors (Lipinski definition) is 2. The molecule has 2 rings (SSSR count). The minimum absolute atomic E-state index is 0.0150. The van der Waals surface area contributed by atoms with Gasteiger partial charge in [-0.3, -0.25) is 0 Å². The zero-order valence-electron chi connectivity index (χ0n) is 12.6. The van der Waals surface area contributed by atoms with Crippen LogP contribution in [0.25, 0.3) is 0 Å². The van der Waals surface area contributed by atoms with Crippen molar-refractivity contribution in [3.63, 3.8) is 0 Å². The Balaban J connectivity index is 1.96. The molecule has 1 aliphatic rings. The summed E-state index contributed by atoms with van der Waals surface area (Å²) in [7, 11) is 1.86. The molecule has 0 radical (unpaired) electrons. The van der Waals surface area contributed by atoms with E-state index in [0.717, 1.165) is 31.5 Å². The number of nitrogens with one attached hydrogen (secondary N) is 2. The van der Waals surface area contributed by atoms with E-state index in [2.05, 4.69) is 30.5 Å². The molecule has 1 aliphatic carbocycles. The maximum absolute atomic E-state index is 12.0. The highest BCUT2D eigenvalue weighted by molar-refractivity contribution is 5.89. The van der Waals surface area contributed by atoms with E-state index in [1.54, 1.807) is 4.90 Å². The van der Waals surface area contributed by atoms with Gasteiger partial charge in [-0.25, -0.2) is 4.79 Å². The third-order valence-corrected chi connectivity index (χ3v) is 3.75. The molecule has 4 heteroatoms. The maximum Gasteiger partial charge on any atom is 0.321 e. The Bertz CT molecular complexity index is 457. The summed E-state index contributed by atoms with van der Waals surface area (Å²) in [5.74, 6) is 0. The van der Waals surface area contributed by atoms with Gasteiger partial charge in [-0.15, -0.1) is 0 Å². The average Bonchev–Trinajstić information content (AvgIpc) is 3.28. The molecular formula is C16H25N3O. The summed E-state index contributed by atoms with van der Waals surface area (Å²) in [5.41, 5.74) is 2.07. The van der Waals surface area contributed by atoms with E-state index >= 15 is 0 Å². The van der Waals surface area contributed by atoms with Crippen molar-refractivity contribution in [2.75, 3.05) is 18.9 Å². The van der Waals surface area contributed by atoms with Crippen LogP contribution in [-0.2, 0) is 0 Å². The quantitative estimate of drug-likeness (QED) is 0.836. The lowest BCUT2D eigenvalue weighted by Gasteiger charge is -2.18. The van der Waals surface area contributed by atoms with Crippen molar-refractivity contribution in [1.29, 1.82) is 0 Å². The molecule has 0 saturated heterocycles. The first kappa shape index (κ1) is 14.9. The minimum atomic E-state index is -0.0150. The molecule has 20 heavy (non-hydrogen) atoms. The number of carbonyl (C=O) groups excluding carboxylic acids is 1. The van der Waals surface area contributed by atoms with Crippen molar-refractivity contribution in [3.8, 4) is 0 Å². The van der Waals surface area contributed by atoms with E-state index in [9.17, 15) is 4.79 Å². The van der Waals surface area contributed by atoms with E-state index in [0.29, 0.717) is 12.1 Å². The summed E-state index contributed by atoms with van der Waals surface area (Å²) in [6.45, 7) is 5.30. The number of nitrogens with zero attached hydrogens (tertiary/aromatic N) is 1. The Kier molecular flexibility index (Phi) is 5.01. The van der Waals surface area contributed by atoms with E-state index in [1.807, 2.05) is 25.2 Å². The van der Waals surface area contributed by atoms with Gasteiger partial charge < -0.3 is 15.5 Å². The second-order valence-electron chi connectivity index (χ2n) is 5.57. The van der Waals surface area contributed by atoms with Crippen LogP contribution in [0.5, 0.6) is 0 Å². The number of anilines is 1. The molecule has 1 fully saturated rings. The molecule has 0 aliphatic heterocycles. The number of amides is 2. The average molecular weight is 275 g/mol. The van der Waals surface area contributed by atoms with Gasteiger partial charge in [0.1, 0.15) is 0 Å². The van der Waals surface area contributed by atoms with E-state index in [1.165, 1.54) is 5.56 Å². The molecular weight excluding hydrogens is 250 g/mol. The second kappa shape index (κ2) is 6.75. The van der Waals surface area contributed by atoms with Crippen molar-refractivity contribution in [2.45, 2.75) is 45.2 Å². The van der Waals surface area contributed by atoms with Crippen molar-refractivity contribution in [3.05, 3.63) is 29.8 Å². The van der Waals surface area contributed by atoms with Crippen molar-refractivity contribution in [2.24, 2.45) is 0 Å². The van der Waals surface area contributed by atoms with Gasteiger partial charge in [-0.1, -0.05) is 19.1 Å². The topological polar surface area (TPSA) is 44.4 Å². The molecule has 110 valence electrons. The number of carbonyl (C=O) groups is 1. The lowest BCUT2D eigenvalue weighted by molar-refractivity contribution is 0.220. The van der Waals surface area contributed by atoms with Gasteiger partial charge in [-0.2, -0.15) is 0 Å². The minimum Gasteiger partial charge on any atom is -0.325 e. The predicted octanol–water partition coefficient (Wildman–Crippen LogP) is 3.37. The molecule has 0 spiro atoms. The van der Waals surface area contributed by atoms with Gasteiger partial charge in [0.25, 0.3) is 0 Å². The normalized spacial score (nSPS) is 15.8. The maximum atomic E-state index is 12.0. The van der Waals surface area contributed by atoms with Gasteiger partial charge in [0.05, 0.1) is 0 Å². The SMILES string of the molecule is CCCNC(C)c1cccc(NC(=O)N(C)C2CC2)c1. The zero-order chi connectivity index (χ0) is 14.5. The molecule has 0 aromatic heterocycles. The Morgan fingerprint density at radius 3 is 2.85 bits per heavy atom. The summed E-state index contributed by atoms with van der Waals surface area (Å²) in [6, 6.07) is 8.79. The van der Waals surface area contributed by atoms with Crippen LogP contribution in [0.3, 0.4) is 0 Å². The standard InChI is InChI=1S/C16H25N3O/c1-4-10-17-12(2)13-6-5-7-14(11-13)18-16(20)19(3)15-8-9-15/h5-7,11-12,15,17H,4,8-10H2,1-3H3,(H,18,20). The number of benzene rings is 1. The monoisotopic (exact) mass is 275 g/mol. The van der Waals surface area contributed by atoms with Crippen LogP contribution in [0.2, 0.25) is 0 Å². The Labute approximate surface area is 121 Å². The smallest absolute Gasteiger partial charge is 0.321 e. The molecule has 1 aromatic rings. The fourth-order valence-corrected chi connectivity index (χ4v) is 2.20. The second-order valence-corrected chi connectivity index (χ2v) is 5.57. The van der Waals surface area contributed by atoms with E-state index in [4.69, 9.17) is 0 Å². The molecule has 4 nitrogen and oxygen atoms in total. The summed E-state index contributed by atoms with van der Waals surface area (Å²) in [6.07, 6.45) is 3.37. The van der Waals surface area contributed by atoms with Crippen LogP contribution in [-0.4, -0.2) is 30.6 Å². The van der Waals surface area contributed by atoms with Gasteiger partial charge in [0, 0.05) is 24.8 Å².